The van der Waals surface area contributed by atoms with Crippen LogP contribution in [0.4, 0.5) is 10.2 Å². The van der Waals surface area contributed by atoms with Gasteiger partial charge in [-0.1, -0.05) is 11.6 Å². The van der Waals surface area contributed by atoms with E-state index in [0.717, 1.165) is 51.4 Å². The lowest BCUT2D eigenvalue weighted by atomic mass is 9.52. The standard InChI is InChI=1S/C29H37ClFN5O4S/c1-34-28(24(30)26(33-34)27(37)32-25-18-11-17-12-19(25)15-29(38,13-17)14-18)35-10-2-3-22(16-35)36(21-6-7-21)41(39,40)23-8-4-20(31)5-9-23/h4-5,8-9,17-19,21-22,25,38H,2-3,6-7,10-16H2,1H3,(H,32,37)/t17?,18?,19?,22-,25?,29?/m0/s1. The number of anilines is 1. The lowest BCUT2D eigenvalue weighted by Gasteiger charge is -2.58. The van der Waals surface area contributed by atoms with E-state index in [1.54, 1.807) is 16.0 Å². The molecule has 1 aromatic carbocycles. The minimum atomic E-state index is -3.81. The van der Waals surface area contributed by atoms with E-state index in [1.807, 2.05) is 4.90 Å². The minimum Gasteiger partial charge on any atom is -0.390 e. The van der Waals surface area contributed by atoms with Crippen molar-refractivity contribution >= 4 is 33.3 Å². The van der Waals surface area contributed by atoms with E-state index in [1.165, 1.54) is 24.3 Å². The maximum Gasteiger partial charge on any atom is 0.273 e. The third-order valence-corrected chi connectivity index (χ3v) is 12.4. The Morgan fingerprint density at radius 1 is 1.12 bits per heavy atom. The molecule has 41 heavy (non-hydrogen) atoms. The number of halogens is 2. The number of benzene rings is 1. The normalized spacial score (nSPS) is 33.0. The largest absolute Gasteiger partial charge is 0.390 e. The van der Waals surface area contributed by atoms with E-state index in [9.17, 15) is 22.7 Å². The summed E-state index contributed by atoms with van der Waals surface area (Å²) >= 11 is 6.86. The van der Waals surface area contributed by atoms with Crippen molar-refractivity contribution in [2.24, 2.45) is 24.8 Å². The molecular weight excluding hydrogens is 569 g/mol. The summed E-state index contributed by atoms with van der Waals surface area (Å²) in [6, 6.07) is 4.67. The molecule has 1 amide bonds. The van der Waals surface area contributed by atoms with Gasteiger partial charge in [-0.3, -0.25) is 9.48 Å². The molecule has 2 heterocycles. The molecule has 2 unspecified atom stereocenters. The summed E-state index contributed by atoms with van der Waals surface area (Å²) in [6.45, 7) is 1.09. The lowest BCUT2D eigenvalue weighted by molar-refractivity contribution is -0.136. The summed E-state index contributed by atoms with van der Waals surface area (Å²) in [5.74, 6) is 0.930. The molecule has 6 fully saturated rings. The SMILES string of the molecule is Cn1nc(C(=O)NC2C3CC4CC2CC(O)(C4)C3)c(Cl)c1N1CCC[C@H](N(C2CC2)S(=O)(=O)c2ccc(F)cc2)C1. The zero-order valence-corrected chi connectivity index (χ0v) is 24.7. The van der Waals surface area contributed by atoms with Crippen LogP contribution in [0.5, 0.6) is 0 Å². The number of carbonyl (C=O) groups is 1. The molecule has 4 bridgehead atoms. The number of aromatic nitrogens is 2. The Balaban J connectivity index is 1.10. The number of nitrogens with zero attached hydrogens (tertiary/aromatic N) is 4. The van der Waals surface area contributed by atoms with Gasteiger partial charge in [-0.25, -0.2) is 12.8 Å². The van der Waals surface area contributed by atoms with E-state index in [-0.39, 0.29) is 51.5 Å². The first-order valence-electron chi connectivity index (χ1n) is 14.8. The molecule has 222 valence electrons. The monoisotopic (exact) mass is 605 g/mol. The number of aliphatic hydroxyl groups is 1. The van der Waals surface area contributed by atoms with Crippen LogP contribution in [0.3, 0.4) is 0 Å². The maximum atomic E-state index is 13.7. The van der Waals surface area contributed by atoms with Gasteiger partial charge < -0.3 is 15.3 Å². The number of sulfonamides is 1. The molecule has 2 aromatic rings. The van der Waals surface area contributed by atoms with Crippen molar-refractivity contribution in [3.05, 3.63) is 40.8 Å². The van der Waals surface area contributed by atoms with Gasteiger partial charge in [-0.05, 0) is 99.8 Å². The molecule has 1 aliphatic heterocycles. The van der Waals surface area contributed by atoms with Crippen LogP contribution in [-0.2, 0) is 17.1 Å². The van der Waals surface area contributed by atoms with Crippen LogP contribution in [0, 0.1) is 23.6 Å². The minimum absolute atomic E-state index is 0.0176. The van der Waals surface area contributed by atoms with Crippen LogP contribution in [0.25, 0.3) is 0 Å². The fourth-order valence-corrected chi connectivity index (χ4v) is 10.8. The molecule has 3 atom stereocenters. The Morgan fingerprint density at radius 2 is 1.80 bits per heavy atom. The number of hydrogen-bond donors (Lipinski definition) is 2. The predicted octanol–water partition coefficient (Wildman–Crippen LogP) is 3.70. The van der Waals surface area contributed by atoms with Crippen LogP contribution in [0.2, 0.25) is 5.02 Å². The van der Waals surface area contributed by atoms with E-state index < -0.39 is 21.4 Å². The first-order chi connectivity index (χ1) is 19.5. The molecule has 5 aliphatic carbocycles. The van der Waals surface area contributed by atoms with Crippen molar-refractivity contribution in [3.63, 3.8) is 0 Å². The topological polar surface area (TPSA) is 108 Å². The van der Waals surface area contributed by atoms with E-state index in [2.05, 4.69) is 10.4 Å². The number of aryl methyl sites for hydroxylation is 1. The molecule has 5 saturated carbocycles. The van der Waals surface area contributed by atoms with Crippen molar-refractivity contribution in [3.8, 4) is 0 Å². The fraction of sp³-hybridized carbons (Fsp3) is 0.655. The molecule has 0 spiro atoms. The van der Waals surface area contributed by atoms with Crippen molar-refractivity contribution in [1.82, 2.24) is 19.4 Å². The van der Waals surface area contributed by atoms with E-state index in [0.29, 0.717) is 31.2 Å². The van der Waals surface area contributed by atoms with Gasteiger partial charge in [0, 0.05) is 38.3 Å². The average Bonchev–Trinajstić information content (AvgIpc) is 3.68. The Hall–Kier alpha value is -2.21. The van der Waals surface area contributed by atoms with Crippen LogP contribution >= 0.6 is 11.6 Å². The van der Waals surface area contributed by atoms with Crippen molar-refractivity contribution < 1.29 is 22.7 Å². The Bertz CT molecular complexity index is 1450. The van der Waals surface area contributed by atoms with E-state index in [4.69, 9.17) is 11.6 Å². The first-order valence-corrected chi connectivity index (χ1v) is 16.6. The zero-order chi connectivity index (χ0) is 28.7. The average molecular weight is 606 g/mol. The number of nitrogens with one attached hydrogen (secondary N) is 1. The van der Waals surface area contributed by atoms with Gasteiger partial charge in [0.1, 0.15) is 16.7 Å². The Kier molecular flexibility index (Phi) is 6.68. The van der Waals surface area contributed by atoms with Gasteiger partial charge in [-0.2, -0.15) is 9.40 Å². The summed E-state index contributed by atoms with van der Waals surface area (Å²) < 4.78 is 44.1. The van der Waals surface area contributed by atoms with Gasteiger partial charge >= 0.3 is 0 Å². The molecule has 2 N–H and O–H groups in total. The number of amides is 1. The highest BCUT2D eigenvalue weighted by molar-refractivity contribution is 7.89. The van der Waals surface area contributed by atoms with Gasteiger partial charge in [0.15, 0.2) is 5.69 Å². The second-order valence-corrected chi connectivity index (χ2v) is 15.3. The van der Waals surface area contributed by atoms with Crippen molar-refractivity contribution in [1.29, 1.82) is 0 Å². The molecular formula is C29H37ClFN5O4S. The summed E-state index contributed by atoms with van der Waals surface area (Å²) in [6.07, 6.45) is 7.50. The number of carbonyl (C=O) groups excluding carboxylic acids is 1. The van der Waals surface area contributed by atoms with Crippen molar-refractivity contribution in [2.45, 2.75) is 86.4 Å². The van der Waals surface area contributed by atoms with Gasteiger partial charge in [0.25, 0.3) is 5.91 Å². The van der Waals surface area contributed by atoms with Crippen LogP contribution in [0.1, 0.15) is 68.3 Å². The second-order valence-electron chi connectivity index (χ2n) is 13.1. The molecule has 0 radical (unpaired) electrons. The van der Waals surface area contributed by atoms with Crippen LogP contribution < -0.4 is 10.2 Å². The van der Waals surface area contributed by atoms with Crippen LogP contribution in [-0.4, -0.2) is 70.3 Å². The highest BCUT2D eigenvalue weighted by atomic mass is 35.5. The number of piperidine rings is 1. The zero-order valence-electron chi connectivity index (χ0n) is 23.2. The van der Waals surface area contributed by atoms with Crippen molar-refractivity contribution in [2.75, 3.05) is 18.0 Å². The Labute approximate surface area is 245 Å². The third kappa shape index (κ3) is 4.86. The highest BCUT2D eigenvalue weighted by Gasteiger charge is 2.55. The lowest BCUT2D eigenvalue weighted by Crippen LogP contribution is -2.61. The smallest absolute Gasteiger partial charge is 0.273 e. The molecule has 9 nitrogen and oxygen atoms in total. The summed E-state index contributed by atoms with van der Waals surface area (Å²) in [4.78, 5) is 15.6. The number of hydrogen-bond acceptors (Lipinski definition) is 6. The first kappa shape index (κ1) is 27.6. The maximum absolute atomic E-state index is 13.7. The van der Waals surface area contributed by atoms with Crippen LogP contribution in [0.15, 0.2) is 29.2 Å². The van der Waals surface area contributed by atoms with Gasteiger partial charge in [-0.15, -0.1) is 0 Å². The third-order valence-electron chi connectivity index (χ3n) is 10.1. The predicted molar refractivity (Wildman–Crippen MR) is 152 cm³/mol. The second kappa shape index (κ2) is 9.92. The van der Waals surface area contributed by atoms with E-state index >= 15 is 0 Å². The number of rotatable bonds is 7. The molecule has 8 rings (SSSR count). The van der Waals surface area contributed by atoms with Gasteiger partial charge in [0.05, 0.1) is 10.5 Å². The molecule has 1 saturated heterocycles. The summed E-state index contributed by atoms with van der Waals surface area (Å²) in [5, 5.41) is 18.9. The summed E-state index contributed by atoms with van der Waals surface area (Å²) in [5.41, 5.74) is -0.395. The van der Waals surface area contributed by atoms with Gasteiger partial charge in [0.2, 0.25) is 10.0 Å². The Morgan fingerprint density at radius 3 is 2.44 bits per heavy atom. The highest BCUT2D eigenvalue weighted by Crippen LogP contribution is 2.55. The molecule has 6 aliphatic rings. The summed E-state index contributed by atoms with van der Waals surface area (Å²) in [7, 11) is -2.06. The molecule has 12 heteroatoms. The molecule has 1 aromatic heterocycles. The fourth-order valence-electron chi connectivity index (χ4n) is 8.52. The quantitative estimate of drug-likeness (QED) is 0.498.